The van der Waals surface area contributed by atoms with Crippen LogP contribution in [0.25, 0.3) is 6.08 Å². The molecule has 1 aliphatic heterocycles. The van der Waals surface area contributed by atoms with Crippen LogP contribution in [0.2, 0.25) is 0 Å². The fourth-order valence-electron chi connectivity index (χ4n) is 1.86. The first-order valence-electron chi connectivity index (χ1n) is 5.98. The van der Waals surface area contributed by atoms with Crippen molar-refractivity contribution in [3.63, 3.8) is 0 Å². The lowest BCUT2D eigenvalue weighted by Gasteiger charge is -2.09. The molecule has 106 valence electrons. The van der Waals surface area contributed by atoms with Crippen molar-refractivity contribution in [1.82, 2.24) is 4.90 Å². The summed E-state index contributed by atoms with van der Waals surface area (Å²) in [5.74, 6) is 0.936. The Morgan fingerprint density at radius 2 is 1.80 bits per heavy atom. The number of ether oxygens (including phenoxy) is 2. The van der Waals surface area contributed by atoms with Gasteiger partial charge in [-0.3, -0.25) is 9.69 Å². The third-order valence-electron chi connectivity index (χ3n) is 3.10. The number of rotatable bonds is 3. The number of phenolic OH excluding ortho intramolecular Hbond substituents is 1. The van der Waals surface area contributed by atoms with Crippen LogP contribution in [-0.2, 0) is 4.79 Å². The highest BCUT2D eigenvalue weighted by Crippen LogP contribution is 2.37. The van der Waals surface area contributed by atoms with Gasteiger partial charge in [0.1, 0.15) is 11.5 Å². The number of aliphatic imine (C=N–C) groups is 1. The molecule has 0 saturated heterocycles. The molecule has 2 rings (SSSR count). The average molecular weight is 276 g/mol. The Kier molecular flexibility index (Phi) is 3.65. The molecule has 0 aromatic heterocycles. The Hall–Kier alpha value is -2.50. The molecule has 6 nitrogen and oxygen atoms in total. The van der Waals surface area contributed by atoms with Gasteiger partial charge in [0, 0.05) is 7.05 Å². The smallest absolute Gasteiger partial charge is 0.277 e. The molecule has 0 atom stereocenters. The van der Waals surface area contributed by atoms with Crippen molar-refractivity contribution < 1.29 is 19.4 Å². The minimum absolute atomic E-state index is 0.0771. The summed E-state index contributed by atoms with van der Waals surface area (Å²) in [4.78, 5) is 17.6. The fraction of sp³-hybridized carbons (Fsp3) is 0.286. The van der Waals surface area contributed by atoms with Crippen LogP contribution < -0.4 is 9.47 Å². The maximum atomic E-state index is 11.9. The second-order valence-electron chi connectivity index (χ2n) is 4.33. The minimum Gasteiger partial charge on any atom is -0.502 e. The van der Waals surface area contributed by atoms with Crippen LogP contribution in [0.15, 0.2) is 22.8 Å². The first-order chi connectivity index (χ1) is 9.47. The topological polar surface area (TPSA) is 71.4 Å². The number of hydrogen-bond acceptors (Lipinski definition) is 5. The van der Waals surface area contributed by atoms with Crippen LogP contribution >= 0.6 is 0 Å². The average Bonchev–Trinajstić information content (AvgIpc) is 2.68. The molecule has 1 aromatic carbocycles. The lowest BCUT2D eigenvalue weighted by atomic mass is 10.1. The molecule has 1 aliphatic rings. The SMILES string of the molecule is COc1cc(/C=C2/N=C(C)N(C)C2=O)cc(OC)c1O. The molecule has 20 heavy (non-hydrogen) atoms. The Bertz CT molecular complexity index is 595. The Morgan fingerprint density at radius 3 is 2.20 bits per heavy atom. The zero-order valence-electron chi connectivity index (χ0n) is 11.8. The molecule has 1 aromatic rings. The highest BCUT2D eigenvalue weighted by Gasteiger charge is 2.24. The summed E-state index contributed by atoms with van der Waals surface area (Å²) in [5, 5.41) is 9.84. The molecule has 0 bridgehead atoms. The number of methoxy groups -OCH3 is 2. The number of nitrogens with zero attached hydrogens (tertiary/aromatic N) is 2. The zero-order valence-corrected chi connectivity index (χ0v) is 11.8. The van der Waals surface area contributed by atoms with Crippen molar-refractivity contribution in [2.75, 3.05) is 21.3 Å². The number of phenols is 1. The van der Waals surface area contributed by atoms with Crippen molar-refractivity contribution in [3.05, 3.63) is 23.4 Å². The summed E-state index contributed by atoms with van der Waals surface area (Å²) < 4.78 is 10.1. The summed E-state index contributed by atoms with van der Waals surface area (Å²) in [6.07, 6.45) is 1.62. The van der Waals surface area contributed by atoms with Gasteiger partial charge >= 0.3 is 0 Å². The maximum Gasteiger partial charge on any atom is 0.277 e. The van der Waals surface area contributed by atoms with Gasteiger partial charge in [0.15, 0.2) is 11.5 Å². The molecule has 0 saturated carbocycles. The van der Waals surface area contributed by atoms with Gasteiger partial charge in [-0.25, -0.2) is 4.99 Å². The van der Waals surface area contributed by atoms with Gasteiger partial charge in [-0.1, -0.05) is 0 Å². The summed E-state index contributed by atoms with van der Waals surface area (Å²) in [7, 11) is 4.56. The molecule has 0 aliphatic carbocycles. The summed E-state index contributed by atoms with van der Waals surface area (Å²) in [5.41, 5.74) is 0.992. The van der Waals surface area contributed by atoms with E-state index < -0.39 is 0 Å². The number of likely N-dealkylation sites (N-methyl/N-ethyl adjacent to an activating group) is 1. The predicted octanol–water partition coefficient (Wildman–Crippen LogP) is 1.64. The second-order valence-corrected chi connectivity index (χ2v) is 4.33. The van der Waals surface area contributed by atoms with Gasteiger partial charge in [0.05, 0.1) is 14.2 Å². The first kappa shape index (κ1) is 13.9. The lowest BCUT2D eigenvalue weighted by Crippen LogP contribution is -2.25. The quantitative estimate of drug-likeness (QED) is 0.852. The molecule has 1 N–H and O–H groups in total. The van der Waals surface area contributed by atoms with E-state index >= 15 is 0 Å². The van der Waals surface area contributed by atoms with Crippen LogP contribution in [0.5, 0.6) is 17.2 Å². The van der Waals surface area contributed by atoms with E-state index in [-0.39, 0.29) is 23.2 Å². The van der Waals surface area contributed by atoms with E-state index in [2.05, 4.69) is 4.99 Å². The summed E-state index contributed by atoms with van der Waals surface area (Å²) in [6, 6.07) is 3.22. The third-order valence-corrected chi connectivity index (χ3v) is 3.10. The van der Waals surface area contributed by atoms with Crippen molar-refractivity contribution in [1.29, 1.82) is 0 Å². The van der Waals surface area contributed by atoms with Gasteiger partial charge in [-0.05, 0) is 30.7 Å². The number of amides is 1. The van der Waals surface area contributed by atoms with E-state index in [1.54, 1.807) is 32.2 Å². The lowest BCUT2D eigenvalue weighted by molar-refractivity contribution is -0.121. The van der Waals surface area contributed by atoms with Crippen molar-refractivity contribution in [2.24, 2.45) is 4.99 Å². The van der Waals surface area contributed by atoms with Crippen molar-refractivity contribution in [2.45, 2.75) is 6.92 Å². The van der Waals surface area contributed by atoms with Crippen LogP contribution in [0.3, 0.4) is 0 Å². The fourth-order valence-corrected chi connectivity index (χ4v) is 1.86. The van der Waals surface area contributed by atoms with Crippen LogP contribution in [0.1, 0.15) is 12.5 Å². The molecule has 0 radical (unpaired) electrons. The number of carbonyl (C=O) groups is 1. The van der Waals surface area contributed by atoms with Gasteiger partial charge in [0.2, 0.25) is 5.75 Å². The molecule has 0 fully saturated rings. The zero-order chi connectivity index (χ0) is 14.9. The molecule has 1 heterocycles. The van der Waals surface area contributed by atoms with E-state index in [0.717, 1.165) is 0 Å². The van der Waals surface area contributed by atoms with Gasteiger partial charge in [0.25, 0.3) is 5.91 Å². The molecule has 6 heteroatoms. The monoisotopic (exact) mass is 276 g/mol. The van der Waals surface area contributed by atoms with Crippen LogP contribution in [0.4, 0.5) is 0 Å². The first-order valence-corrected chi connectivity index (χ1v) is 5.98. The van der Waals surface area contributed by atoms with E-state index in [0.29, 0.717) is 17.1 Å². The molecular formula is C14H16N2O4. The third kappa shape index (κ3) is 2.32. The normalized spacial score (nSPS) is 16.6. The number of hydrogen-bond donors (Lipinski definition) is 1. The Balaban J connectivity index is 2.47. The number of amidine groups is 1. The van der Waals surface area contributed by atoms with Crippen LogP contribution in [0, 0.1) is 0 Å². The van der Waals surface area contributed by atoms with Crippen LogP contribution in [-0.4, -0.2) is 43.0 Å². The van der Waals surface area contributed by atoms with Crippen molar-refractivity contribution in [3.8, 4) is 17.2 Å². The maximum absolute atomic E-state index is 11.9. The molecule has 0 spiro atoms. The number of benzene rings is 1. The highest BCUT2D eigenvalue weighted by molar-refractivity contribution is 6.13. The van der Waals surface area contributed by atoms with E-state index in [1.807, 2.05) is 0 Å². The van der Waals surface area contributed by atoms with Gasteiger partial charge in [-0.2, -0.15) is 0 Å². The van der Waals surface area contributed by atoms with Crippen molar-refractivity contribution >= 4 is 17.8 Å². The number of carbonyl (C=O) groups excluding carboxylic acids is 1. The van der Waals surface area contributed by atoms with E-state index in [9.17, 15) is 9.90 Å². The van der Waals surface area contributed by atoms with Gasteiger partial charge in [-0.15, -0.1) is 0 Å². The Morgan fingerprint density at radius 1 is 1.25 bits per heavy atom. The van der Waals surface area contributed by atoms with E-state index in [1.165, 1.54) is 19.1 Å². The Labute approximate surface area is 116 Å². The molecular weight excluding hydrogens is 260 g/mol. The second kappa shape index (κ2) is 5.24. The number of aromatic hydroxyl groups is 1. The predicted molar refractivity (Wildman–Crippen MR) is 75.1 cm³/mol. The largest absolute Gasteiger partial charge is 0.502 e. The molecule has 0 unspecified atom stereocenters. The van der Waals surface area contributed by atoms with Gasteiger partial charge < -0.3 is 14.6 Å². The standard InChI is InChI=1S/C14H16N2O4/c1-8-15-10(14(18)16(8)2)5-9-6-11(19-3)13(17)12(7-9)20-4/h5-7,17H,1-4H3/b10-5+. The minimum atomic E-state index is -0.173. The summed E-state index contributed by atoms with van der Waals surface area (Å²) in [6.45, 7) is 1.76. The van der Waals surface area contributed by atoms with E-state index in [4.69, 9.17) is 9.47 Å². The highest BCUT2D eigenvalue weighted by atomic mass is 16.5. The molecule has 1 amide bonds. The summed E-state index contributed by atoms with van der Waals surface area (Å²) >= 11 is 0.